The number of piperazine rings is 1. The molecule has 1 unspecified atom stereocenters. The number of hydrogen-bond acceptors (Lipinski definition) is 6. The molecule has 2 aromatic heterocycles. The Morgan fingerprint density at radius 2 is 1.82 bits per heavy atom. The predicted molar refractivity (Wildman–Crippen MR) is 149 cm³/mol. The summed E-state index contributed by atoms with van der Waals surface area (Å²) < 4.78 is 35.8. The number of aromatic nitrogens is 3. The van der Waals surface area contributed by atoms with Crippen LogP contribution < -0.4 is 10.2 Å². The van der Waals surface area contributed by atoms with E-state index in [9.17, 15) is 13.6 Å². The SMILES string of the molecule is Cc1noc(C)c1-c1ccc2c(c1)nc(C1CNCC(=O)N1c1ccc(F)c(F)c1)n2C1CCN(C(C)C)CC1. The van der Waals surface area contributed by atoms with Crippen LogP contribution in [0.4, 0.5) is 14.5 Å². The lowest BCUT2D eigenvalue weighted by Gasteiger charge is -2.39. The van der Waals surface area contributed by atoms with Gasteiger partial charge in [-0.3, -0.25) is 9.69 Å². The van der Waals surface area contributed by atoms with Gasteiger partial charge in [0.2, 0.25) is 5.91 Å². The molecule has 0 saturated carbocycles. The van der Waals surface area contributed by atoms with Crippen molar-refractivity contribution in [2.75, 3.05) is 31.1 Å². The Balaban J connectivity index is 1.49. The van der Waals surface area contributed by atoms with Crippen molar-refractivity contribution in [1.82, 2.24) is 24.9 Å². The van der Waals surface area contributed by atoms with Gasteiger partial charge in [-0.1, -0.05) is 11.2 Å². The molecule has 210 valence electrons. The number of piperidine rings is 1. The fraction of sp³-hybridized carbons (Fsp3) is 0.433. The monoisotopic (exact) mass is 548 g/mol. The number of nitrogens with one attached hydrogen (secondary N) is 1. The summed E-state index contributed by atoms with van der Waals surface area (Å²) >= 11 is 0. The Bertz CT molecular complexity index is 1550. The van der Waals surface area contributed by atoms with Gasteiger partial charge < -0.3 is 19.3 Å². The average Bonchev–Trinajstić information content (AvgIpc) is 3.48. The molecule has 2 fully saturated rings. The second kappa shape index (κ2) is 10.4. The van der Waals surface area contributed by atoms with Crippen LogP contribution in [0.15, 0.2) is 40.9 Å². The van der Waals surface area contributed by atoms with Crippen LogP contribution in [0.2, 0.25) is 0 Å². The minimum absolute atomic E-state index is 0.110. The van der Waals surface area contributed by atoms with Crippen molar-refractivity contribution in [1.29, 1.82) is 0 Å². The van der Waals surface area contributed by atoms with Crippen molar-refractivity contribution in [3.05, 3.63) is 65.3 Å². The molecule has 4 heterocycles. The van der Waals surface area contributed by atoms with Gasteiger partial charge in [0.05, 0.1) is 23.3 Å². The number of anilines is 1. The number of imidazole rings is 1. The fourth-order valence-electron chi connectivity index (χ4n) is 6.28. The van der Waals surface area contributed by atoms with Gasteiger partial charge in [0.1, 0.15) is 17.6 Å². The highest BCUT2D eigenvalue weighted by molar-refractivity contribution is 5.96. The van der Waals surface area contributed by atoms with Crippen molar-refractivity contribution in [2.24, 2.45) is 0 Å². The number of nitrogens with zero attached hydrogens (tertiary/aromatic N) is 5. The number of rotatable bonds is 5. The second-order valence-corrected chi connectivity index (χ2v) is 11.1. The van der Waals surface area contributed by atoms with Gasteiger partial charge >= 0.3 is 0 Å². The summed E-state index contributed by atoms with van der Waals surface area (Å²) in [5, 5.41) is 7.33. The van der Waals surface area contributed by atoms with E-state index in [2.05, 4.69) is 45.9 Å². The molecule has 10 heteroatoms. The third-order valence-corrected chi connectivity index (χ3v) is 8.31. The minimum atomic E-state index is -0.985. The Morgan fingerprint density at radius 3 is 2.50 bits per heavy atom. The molecule has 2 saturated heterocycles. The smallest absolute Gasteiger partial charge is 0.241 e. The predicted octanol–water partition coefficient (Wildman–Crippen LogP) is 5.31. The fourth-order valence-corrected chi connectivity index (χ4v) is 6.28. The second-order valence-electron chi connectivity index (χ2n) is 11.1. The first-order chi connectivity index (χ1) is 19.2. The number of benzene rings is 2. The largest absolute Gasteiger partial charge is 0.361 e. The molecular weight excluding hydrogens is 514 g/mol. The Morgan fingerprint density at radius 1 is 1.05 bits per heavy atom. The van der Waals surface area contributed by atoms with Gasteiger partial charge in [-0.25, -0.2) is 13.8 Å². The van der Waals surface area contributed by atoms with E-state index >= 15 is 0 Å². The van der Waals surface area contributed by atoms with E-state index in [-0.39, 0.29) is 18.5 Å². The minimum Gasteiger partial charge on any atom is -0.361 e. The molecule has 40 heavy (non-hydrogen) atoms. The molecule has 0 spiro atoms. The number of halogens is 2. The first kappa shape index (κ1) is 26.6. The molecule has 6 rings (SSSR count). The van der Waals surface area contributed by atoms with E-state index < -0.39 is 17.7 Å². The van der Waals surface area contributed by atoms with Crippen molar-refractivity contribution in [3.63, 3.8) is 0 Å². The lowest BCUT2D eigenvalue weighted by atomic mass is 10.0. The maximum Gasteiger partial charge on any atom is 0.241 e. The van der Waals surface area contributed by atoms with Crippen molar-refractivity contribution < 1.29 is 18.1 Å². The highest BCUT2D eigenvalue weighted by Gasteiger charge is 2.36. The van der Waals surface area contributed by atoms with Crippen molar-refractivity contribution in [3.8, 4) is 11.1 Å². The van der Waals surface area contributed by atoms with Crippen LogP contribution in [0.1, 0.15) is 56.1 Å². The van der Waals surface area contributed by atoms with Crippen molar-refractivity contribution in [2.45, 2.75) is 58.7 Å². The van der Waals surface area contributed by atoms with E-state index in [1.807, 2.05) is 19.9 Å². The molecular formula is C30H34F2N6O2. The van der Waals surface area contributed by atoms with Crippen LogP contribution in [0, 0.1) is 25.5 Å². The van der Waals surface area contributed by atoms with E-state index in [1.54, 1.807) is 4.90 Å². The molecule has 2 aliphatic rings. The maximum atomic E-state index is 14.3. The quantitative estimate of drug-likeness (QED) is 0.364. The van der Waals surface area contributed by atoms with Gasteiger partial charge in [0.15, 0.2) is 11.6 Å². The van der Waals surface area contributed by atoms with Crippen LogP contribution in [0.25, 0.3) is 22.2 Å². The number of likely N-dealkylation sites (tertiary alicyclic amines) is 1. The maximum absolute atomic E-state index is 14.3. The topological polar surface area (TPSA) is 79.4 Å². The van der Waals surface area contributed by atoms with Crippen molar-refractivity contribution >= 4 is 22.6 Å². The van der Waals surface area contributed by atoms with E-state index in [4.69, 9.17) is 9.51 Å². The van der Waals surface area contributed by atoms with E-state index in [0.29, 0.717) is 18.3 Å². The summed E-state index contributed by atoms with van der Waals surface area (Å²) in [7, 11) is 0. The third kappa shape index (κ3) is 4.58. The Kier molecular flexibility index (Phi) is 6.92. The zero-order chi connectivity index (χ0) is 28.1. The van der Waals surface area contributed by atoms with Gasteiger partial charge in [-0.15, -0.1) is 0 Å². The lowest BCUT2D eigenvalue weighted by molar-refractivity contribution is -0.119. The molecule has 2 aliphatic heterocycles. The summed E-state index contributed by atoms with van der Waals surface area (Å²) in [6, 6.07) is 9.98. The lowest BCUT2D eigenvalue weighted by Crippen LogP contribution is -2.51. The number of hydrogen-bond donors (Lipinski definition) is 1. The molecule has 0 radical (unpaired) electrons. The summed E-state index contributed by atoms with van der Waals surface area (Å²) in [5.41, 5.74) is 4.83. The molecule has 1 N–H and O–H groups in total. The normalized spacial score (nSPS) is 19.3. The van der Waals surface area contributed by atoms with Crippen LogP contribution in [0.3, 0.4) is 0 Å². The molecule has 1 atom stereocenters. The summed E-state index contributed by atoms with van der Waals surface area (Å²) in [4.78, 5) is 22.4. The summed E-state index contributed by atoms with van der Waals surface area (Å²) in [6.45, 7) is 10.7. The molecule has 1 amide bonds. The van der Waals surface area contributed by atoms with Gasteiger partial charge in [-0.05, 0) is 70.4 Å². The summed E-state index contributed by atoms with van der Waals surface area (Å²) in [6.07, 6.45) is 1.89. The van der Waals surface area contributed by atoms with Gasteiger partial charge in [0, 0.05) is 49.0 Å². The Hall–Kier alpha value is -3.63. The first-order valence-corrected chi connectivity index (χ1v) is 13.9. The third-order valence-electron chi connectivity index (χ3n) is 8.31. The standard InChI is InChI=1S/C30H34F2N6O2/c1-17(2)36-11-9-21(10-12-36)38-26-8-5-20(29-18(3)35-40-19(29)4)13-25(26)34-30(38)27-15-33-16-28(39)37(27)22-6-7-23(31)24(32)14-22/h5-8,13-14,17,21,27,33H,9-12,15-16H2,1-4H3. The number of amides is 1. The van der Waals surface area contributed by atoms with Gasteiger partial charge in [-0.2, -0.15) is 0 Å². The van der Waals surface area contributed by atoms with Crippen LogP contribution >= 0.6 is 0 Å². The zero-order valence-electron chi connectivity index (χ0n) is 23.2. The average molecular weight is 549 g/mol. The summed E-state index contributed by atoms with van der Waals surface area (Å²) in [5.74, 6) is -0.671. The van der Waals surface area contributed by atoms with Gasteiger partial charge in [0.25, 0.3) is 0 Å². The van der Waals surface area contributed by atoms with Crippen LogP contribution in [-0.2, 0) is 4.79 Å². The molecule has 8 nitrogen and oxygen atoms in total. The van der Waals surface area contributed by atoms with Crippen LogP contribution in [-0.4, -0.2) is 57.7 Å². The number of carbonyl (C=O) groups is 1. The van der Waals surface area contributed by atoms with E-state index in [0.717, 1.165) is 77.5 Å². The number of carbonyl (C=O) groups excluding carboxylic acids is 1. The number of aryl methyl sites for hydroxylation is 2. The molecule has 0 aliphatic carbocycles. The zero-order valence-corrected chi connectivity index (χ0v) is 23.2. The Labute approximate surface area is 231 Å². The highest BCUT2D eigenvalue weighted by atomic mass is 19.2. The van der Waals surface area contributed by atoms with E-state index in [1.165, 1.54) is 6.07 Å². The first-order valence-electron chi connectivity index (χ1n) is 13.9. The molecule has 4 aromatic rings. The molecule has 0 bridgehead atoms. The number of fused-ring (bicyclic) bond motifs is 1. The van der Waals surface area contributed by atoms with Crippen LogP contribution in [0.5, 0.6) is 0 Å². The molecule has 2 aromatic carbocycles. The highest BCUT2D eigenvalue weighted by Crippen LogP contribution is 2.38.